The van der Waals surface area contributed by atoms with Crippen LogP contribution in [-0.2, 0) is 0 Å². The number of hydrogen-bond donors (Lipinski definition) is 0. The maximum absolute atomic E-state index is 12.5. The number of carbonyl (C=O) groups excluding carboxylic acids is 1. The van der Waals surface area contributed by atoms with Gasteiger partial charge in [-0.2, -0.15) is 0 Å². The zero-order valence-electron chi connectivity index (χ0n) is 5.93. The second-order valence-electron chi connectivity index (χ2n) is 2.25. The van der Waals surface area contributed by atoms with Gasteiger partial charge in [-0.3, -0.25) is 0 Å². The van der Waals surface area contributed by atoms with Gasteiger partial charge in [-0.25, -0.2) is 4.39 Å². The molecule has 0 aliphatic carbocycles. The molecule has 11 heavy (non-hydrogen) atoms. The van der Waals surface area contributed by atoms with Gasteiger partial charge in [-0.1, -0.05) is 6.07 Å². The van der Waals surface area contributed by atoms with Gasteiger partial charge in [-0.15, -0.1) is 0 Å². The molecule has 0 saturated carbocycles. The Morgan fingerprint density at radius 3 is 2.64 bits per heavy atom. The van der Waals surface area contributed by atoms with Gasteiger partial charge in [0.05, 0.1) is 5.97 Å². The monoisotopic (exact) mass is 153 g/mol. The number of carbonyl (C=O) groups is 1. The lowest BCUT2D eigenvalue weighted by atomic mass is 10.1. The first kappa shape index (κ1) is 7.72. The topological polar surface area (TPSA) is 40.1 Å². The van der Waals surface area contributed by atoms with Crippen LogP contribution in [0.1, 0.15) is 15.9 Å². The second-order valence-corrected chi connectivity index (χ2v) is 2.25. The molecule has 0 saturated heterocycles. The molecule has 0 aromatic heterocycles. The largest absolute Gasteiger partial charge is 0.545 e. The Morgan fingerprint density at radius 2 is 2.18 bits per heavy atom. The van der Waals surface area contributed by atoms with E-state index >= 15 is 0 Å². The Bertz CT molecular complexity index is 294. The first-order chi connectivity index (χ1) is 5.11. The molecule has 2 nitrogen and oxygen atoms in total. The summed E-state index contributed by atoms with van der Waals surface area (Å²) < 4.78 is 12.5. The van der Waals surface area contributed by atoms with Crippen molar-refractivity contribution in [2.75, 3.05) is 0 Å². The summed E-state index contributed by atoms with van der Waals surface area (Å²) in [4.78, 5) is 10.2. The Balaban J connectivity index is 3.15. The first-order valence-electron chi connectivity index (χ1n) is 3.09. The Labute approximate surface area is 63.3 Å². The summed E-state index contributed by atoms with van der Waals surface area (Å²) in [6.07, 6.45) is 0. The Kier molecular flexibility index (Phi) is 1.89. The lowest BCUT2D eigenvalue weighted by Crippen LogP contribution is -2.22. The van der Waals surface area contributed by atoms with Crippen LogP contribution in [0.25, 0.3) is 0 Å². The van der Waals surface area contributed by atoms with Crippen LogP contribution in [0.3, 0.4) is 0 Å². The predicted molar refractivity (Wildman–Crippen MR) is 35.5 cm³/mol. The van der Waals surface area contributed by atoms with E-state index < -0.39 is 11.8 Å². The fourth-order valence-corrected chi connectivity index (χ4v) is 0.772. The average molecular weight is 153 g/mol. The normalized spacial score (nSPS) is 9.64. The summed E-state index contributed by atoms with van der Waals surface area (Å²) in [6.45, 7) is 1.50. The van der Waals surface area contributed by atoms with Gasteiger partial charge < -0.3 is 9.90 Å². The minimum atomic E-state index is -1.28. The quantitative estimate of drug-likeness (QED) is 0.589. The van der Waals surface area contributed by atoms with Crippen LogP contribution in [0, 0.1) is 12.7 Å². The van der Waals surface area contributed by atoms with Gasteiger partial charge in [0.2, 0.25) is 0 Å². The number of aryl methyl sites for hydroxylation is 1. The molecule has 1 rings (SSSR count). The second kappa shape index (κ2) is 2.70. The summed E-state index contributed by atoms with van der Waals surface area (Å²) in [5.74, 6) is -1.69. The number of rotatable bonds is 1. The van der Waals surface area contributed by atoms with E-state index in [9.17, 15) is 14.3 Å². The summed E-state index contributed by atoms with van der Waals surface area (Å²) in [5, 5.41) is 10.2. The molecule has 0 heterocycles. The third kappa shape index (κ3) is 1.55. The molecule has 0 atom stereocenters. The number of hydrogen-bond acceptors (Lipinski definition) is 2. The van der Waals surface area contributed by atoms with Crippen molar-refractivity contribution in [2.45, 2.75) is 6.92 Å². The van der Waals surface area contributed by atoms with Gasteiger partial charge >= 0.3 is 0 Å². The van der Waals surface area contributed by atoms with Crippen molar-refractivity contribution in [3.8, 4) is 0 Å². The molecular weight excluding hydrogens is 147 g/mol. The fraction of sp³-hybridized carbons (Fsp3) is 0.125. The number of carboxylic acids is 1. The van der Waals surface area contributed by atoms with Gasteiger partial charge in [-0.05, 0) is 30.2 Å². The van der Waals surface area contributed by atoms with Gasteiger partial charge in [0, 0.05) is 0 Å². The standard InChI is InChI=1S/C8H7FO2/c1-5-4-6(8(10)11)2-3-7(5)9/h2-4H,1H3,(H,10,11)/p-1. The maximum atomic E-state index is 12.5. The number of aromatic carboxylic acids is 1. The van der Waals surface area contributed by atoms with E-state index in [1.165, 1.54) is 19.1 Å². The molecule has 0 amide bonds. The highest BCUT2D eigenvalue weighted by Gasteiger charge is 1.98. The maximum Gasteiger partial charge on any atom is 0.126 e. The van der Waals surface area contributed by atoms with Crippen molar-refractivity contribution in [1.82, 2.24) is 0 Å². The fourth-order valence-electron chi connectivity index (χ4n) is 0.772. The number of halogens is 1. The average Bonchev–Trinajstić information content (AvgIpc) is 1.94. The van der Waals surface area contributed by atoms with Crippen LogP contribution >= 0.6 is 0 Å². The Morgan fingerprint density at radius 1 is 1.55 bits per heavy atom. The van der Waals surface area contributed by atoms with E-state index in [2.05, 4.69) is 0 Å². The zero-order chi connectivity index (χ0) is 8.43. The number of benzene rings is 1. The molecule has 1 aromatic carbocycles. The number of carboxylic acid groups (broad SMARTS) is 1. The zero-order valence-corrected chi connectivity index (χ0v) is 5.93. The third-order valence-electron chi connectivity index (χ3n) is 1.39. The molecule has 3 heteroatoms. The lowest BCUT2D eigenvalue weighted by molar-refractivity contribution is -0.255. The SMILES string of the molecule is Cc1cc(C(=O)[O-])ccc1F. The van der Waals surface area contributed by atoms with Gasteiger partial charge in [0.1, 0.15) is 5.82 Å². The highest BCUT2D eigenvalue weighted by atomic mass is 19.1. The Hall–Kier alpha value is -1.38. The lowest BCUT2D eigenvalue weighted by Gasteiger charge is -2.02. The molecule has 0 unspecified atom stereocenters. The van der Waals surface area contributed by atoms with Crippen molar-refractivity contribution in [3.63, 3.8) is 0 Å². The van der Waals surface area contributed by atoms with Gasteiger partial charge in [0.25, 0.3) is 0 Å². The van der Waals surface area contributed by atoms with E-state index in [1.807, 2.05) is 0 Å². The summed E-state index contributed by atoms with van der Waals surface area (Å²) in [7, 11) is 0. The minimum absolute atomic E-state index is 0.00361. The first-order valence-corrected chi connectivity index (χ1v) is 3.09. The molecule has 0 aliphatic rings. The van der Waals surface area contributed by atoms with Gasteiger partial charge in [0.15, 0.2) is 0 Å². The van der Waals surface area contributed by atoms with Crippen LogP contribution in [0.4, 0.5) is 4.39 Å². The van der Waals surface area contributed by atoms with Crippen LogP contribution in [-0.4, -0.2) is 5.97 Å². The van der Waals surface area contributed by atoms with Crippen molar-refractivity contribution >= 4 is 5.97 Å². The van der Waals surface area contributed by atoms with E-state index in [-0.39, 0.29) is 5.56 Å². The predicted octanol–water partition coefficient (Wildman–Crippen LogP) is 0.498. The van der Waals surface area contributed by atoms with Crippen molar-refractivity contribution in [3.05, 3.63) is 35.1 Å². The molecule has 0 N–H and O–H groups in total. The molecule has 0 radical (unpaired) electrons. The van der Waals surface area contributed by atoms with E-state index in [4.69, 9.17) is 0 Å². The summed E-state index contributed by atoms with van der Waals surface area (Å²) >= 11 is 0. The summed E-state index contributed by atoms with van der Waals surface area (Å²) in [5.41, 5.74) is 0.315. The summed E-state index contributed by atoms with van der Waals surface area (Å²) in [6, 6.07) is 3.53. The molecule has 0 spiro atoms. The van der Waals surface area contributed by atoms with Crippen LogP contribution in [0.5, 0.6) is 0 Å². The van der Waals surface area contributed by atoms with Crippen molar-refractivity contribution in [1.29, 1.82) is 0 Å². The minimum Gasteiger partial charge on any atom is -0.545 e. The molecular formula is C8H6FO2-. The highest BCUT2D eigenvalue weighted by Crippen LogP contribution is 2.07. The smallest absolute Gasteiger partial charge is 0.126 e. The van der Waals surface area contributed by atoms with Crippen molar-refractivity contribution < 1.29 is 14.3 Å². The molecule has 0 aliphatic heterocycles. The molecule has 0 fully saturated rings. The van der Waals surface area contributed by atoms with E-state index in [0.717, 1.165) is 6.07 Å². The van der Waals surface area contributed by atoms with E-state index in [0.29, 0.717) is 5.56 Å². The third-order valence-corrected chi connectivity index (χ3v) is 1.39. The molecule has 1 aromatic rings. The van der Waals surface area contributed by atoms with Crippen LogP contribution < -0.4 is 5.11 Å². The molecule has 58 valence electrons. The highest BCUT2D eigenvalue weighted by molar-refractivity contribution is 5.85. The van der Waals surface area contributed by atoms with Crippen molar-refractivity contribution in [2.24, 2.45) is 0 Å². The van der Waals surface area contributed by atoms with Crippen LogP contribution in [0.15, 0.2) is 18.2 Å². The van der Waals surface area contributed by atoms with Crippen LogP contribution in [0.2, 0.25) is 0 Å². The molecule has 0 bridgehead atoms. The van der Waals surface area contributed by atoms with E-state index in [1.54, 1.807) is 0 Å².